The molecule has 0 bridgehead atoms. The molecule has 0 aromatic heterocycles. The zero-order valence-corrected chi connectivity index (χ0v) is 14.2. The Hall–Kier alpha value is -1.02. The van der Waals surface area contributed by atoms with Crippen molar-refractivity contribution >= 4 is 5.69 Å². The molecule has 1 aromatic carbocycles. The molecule has 118 valence electrons. The number of aryl methyl sites for hydroxylation is 1. The van der Waals surface area contributed by atoms with E-state index in [2.05, 4.69) is 57.3 Å². The van der Waals surface area contributed by atoms with Gasteiger partial charge in [-0.25, -0.2) is 0 Å². The van der Waals surface area contributed by atoms with Crippen LogP contribution >= 0.6 is 0 Å². The van der Waals surface area contributed by atoms with Crippen LogP contribution in [0, 0.1) is 18.3 Å². The Morgan fingerprint density at radius 1 is 1.24 bits per heavy atom. The number of para-hydroxylation sites is 1. The Balaban J connectivity index is 2.07. The van der Waals surface area contributed by atoms with Crippen molar-refractivity contribution in [3.05, 3.63) is 29.8 Å². The molecule has 1 saturated carbocycles. The van der Waals surface area contributed by atoms with Crippen molar-refractivity contribution in [1.29, 1.82) is 0 Å². The lowest BCUT2D eigenvalue weighted by molar-refractivity contribution is 0.124. The van der Waals surface area contributed by atoms with Crippen LogP contribution in [0.25, 0.3) is 0 Å². The highest BCUT2D eigenvalue weighted by Gasteiger charge is 2.38. The van der Waals surface area contributed by atoms with E-state index in [1.165, 1.54) is 43.4 Å². The van der Waals surface area contributed by atoms with Crippen LogP contribution in [0.2, 0.25) is 0 Å². The molecule has 0 heterocycles. The quantitative estimate of drug-likeness (QED) is 0.822. The van der Waals surface area contributed by atoms with Crippen molar-refractivity contribution < 1.29 is 0 Å². The van der Waals surface area contributed by atoms with Gasteiger partial charge in [0.15, 0.2) is 0 Å². The van der Waals surface area contributed by atoms with Gasteiger partial charge in [-0.1, -0.05) is 45.4 Å². The summed E-state index contributed by atoms with van der Waals surface area (Å²) in [4.78, 5) is 0. The number of benzene rings is 1. The van der Waals surface area contributed by atoms with Crippen LogP contribution < -0.4 is 11.1 Å². The molecule has 2 rings (SSSR count). The summed E-state index contributed by atoms with van der Waals surface area (Å²) in [5, 5.41) is 3.78. The molecule has 1 aliphatic rings. The van der Waals surface area contributed by atoms with Gasteiger partial charge in [-0.05, 0) is 55.6 Å². The molecule has 0 spiro atoms. The summed E-state index contributed by atoms with van der Waals surface area (Å²) >= 11 is 0. The van der Waals surface area contributed by atoms with E-state index in [0.29, 0.717) is 5.41 Å². The fourth-order valence-electron chi connectivity index (χ4n) is 3.62. The summed E-state index contributed by atoms with van der Waals surface area (Å²) in [7, 11) is 0. The van der Waals surface area contributed by atoms with E-state index < -0.39 is 0 Å². The number of anilines is 1. The first-order chi connectivity index (χ1) is 9.92. The largest absolute Gasteiger partial charge is 0.378 e. The Morgan fingerprint density at radius 3 is 2.38 bits per heavy atom. The topological polar surface area (TPSA) is 38.0 Å². The van der Waals surface area contributed by atoms with Gasteiger partial charge in [-0.2, -0.15) is 0 Å². The lowest BCUT2D eigenvalue weighted by Crippen LogP contribution is -2.49. The highest BCUT2D eigenvalue weighted by Crippen LogP contribution is 2.44. The van der Waals surface area contributed by atoms with Crippen LogP contribution in [0.1, 0.15) is 58.4 Å². The molecule has 2 heteroatoms. The fourth-order valence-corrected chi connectivity index (χ4v) is 3.62. The van der Waals surface area contributed by atoms with Gasteiger partial charge in [-0.3, -0.25) is 0 Å². The van der Waals surface area contributed by atoms with Crippen molar-refractivity contribution in [2.75, 3.05) is 11.9 Å². The third-order valence-corrected chi connectivity index (χ3v) is 5.89. The zero-order valence-electron chi connectivity index (χ0n) is 14.2. The van der Waals surface area contributed by atoms with Gasteiger partial charge in [-0.15, -0.1) is 0 Å². The molecule has 3 N–H and O–H groups in total. The van der Waals surface area contributed by atoms with Gasteiger partial charge in [0, 0.05) is 17.8 Å². The third-order valence-electron chi connectivity index (χ3n) is 5.89. The van der Waals surface area contributed by atoms with Gasteiger partial charge >= 0.3 is 0 Å². The van der Waals surface area contributed by atoms with E-state index in [0.717, 1.165) is 12.5 Å². The van der Waals surface area contributed by atoms with Crippen LogP contribution in [0.5, 0.6) is 0 Å². The Morgan fingerprint density at radius 2 is 1.86 bits per heavy atom. The first kappa shape index (κ1) is 16.4. The minimum absolute atomic E-state index is 0.0897. The fraction of sp³-hybridized carbons (Fsp3) is 0.684. The minimum Gasteiger partial charge on any atom is -0.378 e. The van der Waals surface area contributed by atoms with E-state index in [1.54, 1.807) is 0 Å². The monoisotopic (exact) mass is 288 g/mol. The number of hydrogen-bond acceptors (Lipinski definition) is 2. The number of nitrogens with one attached hydrogen (secondary N) is 1. The highest BCUT2D eigenvalue weighted by atomic mass is 15.0. The predicted molar refractivity (Wildman–Crippen MR) is 92.6 cm³/mol. The first-order valence-corrected chi connectivity index (χ1v) is 8.46. The average Bonchev–Trinajstić information content (AvgIpc) is 2.50. The molecule has 21 heavy (non-hydrogen) atoms. The second kappa shape index (κ2) is 6.39. The summed E-state index contributed by atoms with van der Waals surface area (Å²) in [6.45, 7) is 10.0. The molecule has 2 nitrogen and oxygen atoms in total. The van der Waals surface area contributed by atoms with Gasteiger partial charge in [0.2, 0.25) is 0 Å². The van der Waals surface area contributed by atoms with E-state index in [4.69, 9.17) is 5.73 Å². The molecule has 1 aromatic rings. The Kier molecular flexibility index (Phi) is 4.98. The van der Waals surface area contributed by atoms with Crippen LogP contribution in [0.4, 0.5) is 5.69 Å². The predicted octanol–water partition coefficient (Wildman–Crippen LogP) is 4.73. The second-order valence-corrected chi connectivity index (χ2v) is 7.54. The van der Waals surface area contributed by atoms with E-state index in [1.807, 2.05) is 0 Å². The lowest BCUT2D eigenvalue weighted by atomic mass is 9.65. The van der Waals surface area contributed by atoms with Crippen molar-refractivity contribution in [1.82, 2.24) is 0 Å². The summed E-state index contributed by atoms with van der Waals surface area (Å²) in [5.74, 6) is 0.834. The van der Waals surface area contributed by atoms with Crippen molar-refractivity contribution in [3.63, 3.8) is 0 Å². The molecular formula is C19H32N2. The Bertz CT molecular complexity index is 456. The molecule has 0 radical (unpaired) electrons. The standard InChI is InChI=1S/C19H32N2/c1-5-18(3,4)16-10-12-19(14-20,13-11-16)21-17-9-7-6-8-15(17)2/h6-9,16,21H,5,10-14,20H2,1-4H3. The summed E-state index contributed by atoms with van der Waals surface area (Å²) in [6.07, 6.45) is 6.21. The molecule has 0 amide bonds. The van der Waals surface area contributed by atoms with Crippen molar-refractivity contribution in [2.45, 2.75) is 65.3 Å². The zero-order chi connectivity index (χ0) is 15.5. The van der Waals surface area contributed by atoms with Gasteiger partial charge in [0.1, 0.15) is 0 Å². The molecule has 0 atom stereocenters. The molecule has 1 fully saturated rings. The smallest absolute Gasteiger partial charge is 0.0496 e. The first-order valence-electron chi connectivity index (χ1n) is 8.46. The lowest BCUT2D eigenvalue weighted by Gasteiger charge is -2.45. The highest BCUT2D eigenvalue weighted by molar-refractivity contribution is 5.52. The average molecular weight is 288 g/mol. The third kappa shape index (κ3) is 3.60. The van der Waals surface area contributed by atoms with Gasteiger partial charge in [0.05, 0.1) is 0 Å². The van der Waals surface area contributed by atoms with Gasteiger partial charge < -0.3 is 11.1 Å². The maximum Gasteiger partial charge on any atom is 0.0496 e. The normalized spacial score (nSPS) is 26.6. The number of hydrogen-bond donors (Lipinski definition) is 2. The second-order valence-electron chi connectivity index (χ2n) is 7.54. The summed E-state index contributed by atoms with van der Waals surface area (Å²) in [5.41, 5.74) is 9.27. The van der Waals surface area contributed by atoms with Crippen molar-refractivity contribution in [2.24, 2.45) is 17.1 Å². The van der Waals surface area contributed by atoms with Crippen LogP contribution in [-0.2, 0) is 0 Å². The van der Waals surface area contributed by atoms with Crippen LogP contribution in [0.15, 0.2) is 24.3 Å². The Labute approximate surface area is 130 Å². The van der Waals surface area contributed by atoms with Gasteiger partial charge in [0.25, 0.3) is 0 Å². The maximum atomic E-state index is 6.16. The van der Waals surface area contributed by atoms with E-state index in [-0.39, 0.29) is 5.54 Å². The summed E-state index contributed by atoms with van der Waals surface area (Å²) < 4.78 is 0. The summed E-state index contributed by atoms with van der Waals surface area (Å²) in [6, 6.07) is 8.54. The van der Waals surface area contributed by atoms with Crippen LogP contribution in [-0.4, -0.2) is 12.1 Å². The number of rotatable bonds is 5. The van der Waals surface area contributed by atoms with E-state index in [9.17, 15) is 0 Å². The van der Waals surface area contributed by atoms with Crippen molar-refractivity contribution in [3.8, 4) is 0 Å². The number of nitrogens with two attached hydrogens (primary N) is 1. The molecule has 0 unspecified atom stereocenters. The SMILES string of the molecule is CCC(C)(C)C1CCC(CN)(Nc2ccccc2C)CC1. The maximum absolute atomic E-state index is 6.16. The molecule has 0 aliphatic heterocycles. The molecule has 1 aliphatic carbocycles. The minimum atomic E-state index is 0.0897. The van der Waals surface area contributed by atoms with E-state index >= 15 is 0 Å². The van der Waals surface area contributed by atoms with Crippen LogP contribution in [0.3, 0.4) is 0 Å². The molecular weight excluding hydrogens is 256 g/mol. The molecule has 0 saturated heterocycles.